The number of rotatable bonds is 1. The Bertz CT molecular complexity index is 265. The molecule has 0 atom stereocenters. The average Bonchev–Trinajstić information content (AvgIpc) is 2.13. The zero-order valence-electron chi connectivity index (χ0n) is 7.93. The highest BCUT2D eigenvalue weighted by Crippen LogP contribution is 2.13. The number of piperidine rings is 1. The molecule has 0 spiro atoms. The minimum Gasteiger partial charge on any atom is -0.329 e. The number of nitrogens with zero attached hydrogens (tertiary/aromatic N) is 1. The van der Waals surface area contributed by atoms with Crippen LogP contribution in [0.3, 0.4) is 0 Å². The van der Waals surface area contributed by atoms with E-state index in [2.05, 4.69) is 0 Å². The second-order valence-electron chi connectivity index (χ2n) is 3.34. The highest BCUT2D eigenvalue weighted by molar-refractivity contribution is 5.86. The Balaban J connectivity index is 2.36. The summed E-state index contributed by atoms with van der Waals surface area (Å²) in [6.07, 6.45) is -3.52. The van der Waals surface area contributed by atoms with Gasteiger partial charge in [-0.1, -0.05) is 0 Å². The first-order chi connectivity index (χ1) is 6.88. The predicted octanol–water partition coefficient (Wildman–Crippen LogP) is 0.923. The lowest BCUT2D eigenvalue weighted by Gasteiger charge is -2.26. The van der Waals surface area contributed by atoms with E-state index >= 15 is 0 Å². The predicted molar refractivity (Wildman–Crippen MR) is 45.3 cm³/mol. The fourth-order valence-corrected chi connectivity index (χ4v) is 1.30. The Morgan fingerprint density at radius 1 is 1.47 bits per heavy atom. The number of Topliss-reactive ketones (excluding diaryl/α,β-unsaturated/α-hetero) is 1. The zero-order chi connectivity index (χ0) is 11.5. The molecule has 7 heteroatoms. The number of hydrogen-bond acceptors (Lipinski definition) is 2. The summed E-state index contributed by atoms with van der Waals surface area (Å²) in [4.78, 5) is 23.2. The number of carbonyl (C=O) groups is 2. The van der Waals surface area contributed by atoms with Crippen LogP contribution in [0.5, 0.6) is 0 Å². The monoisotopic (exact) mass is 224 g/mol. The van der Waals surface area contributed by atoms with Crippen molar-refractivity contribution in [1.29, 1.82) is 0 Å². The molecule has 15 heavy (non-hydrogen) atoms. The van der Waals surface area contributed by atoms with Crippen LogP contribution >= 0.6 is 0 Å². The lowest BCUT2D eigenvalue weighted by Crippen LogP contribution is -2.47. The summed E-state index contributed by atoms with van der Waals surface area (Å²) in [6.45, 7) is -1.13. The maximum absolute atomic E-state index is 11.8. The van der Waals surface area contributed by atoms with Gasteiger partial charge in [0, 0.05) is 13.0 Å². The molecule has 0 radical (unpaired) electrons. The topological polar surface area (TPSA) is 49.4 Å². The van der Waals surface area contributed by atoms with Gasteiger partial charge in [0.05, 0.1) is 6.54 Å². The van der Waals surface area contributed by atoms with E-state index in [4.69, 9.17) is 0 Å². The molecule has 1 N–H and O–H groups in total. The first-order valence-corrected chi connectivity index (χ1v) is 4.50. The highest BCUT2D eigenvalue weighted by atomic mass is 19.4. The fraction of sp³-hybridized carbons (Fsp3) is 0.750. The number of likely N-dealkylation sites (tertiary alicyclic amines) is 1. The van der Waals surface area contributed by atoms with E-state index in [1.807, 2.05) is 0 Å². The molecular formula is C8H11F3N2O2. The fourth-order valence-electron chi connectivity index (χ4n) is 1.30. The summed E-state index contributed by atoms with van der Waals surface area (Å²) >= 11 is 0. The van der Waals surface area contributed by atoms with Gasteiger partial charge in [0.25, 0.3) is 0 Å². The van der Waals surface area contributed by atoms with Crippen LogP contribution < -0.4 is 5.32 Å². The molecule has 1 fully saturated rings. The van der Waals surface area contributed by atoms with Gasteiger partial charge in [0.1, 0.15) is 6.54 Å². The second kappa shape index (κ2) is 4.50. The summed E-state index contributed by atoms with van der Waals surface area (Å²) < 4.78 is 35.3. The van der Waals surface area contributed by atoms with Crippen molar-refractivity contribution in [3.05, 3.63) is 0 Å². The number of amides is 2. The molecule has 0 bridgehead atoms. The van der Waals surface area contributed by atoms with E-state index in [1.165, 1.54) is 0 Å². The van der Waals surface area contributed by atoms with E-state index in [0.717, 1.165) is 4.90 Å². The third-order valence-corrected chi connectivity index (χ3v) is 1.98. The quantitative estimate of drug-likeness (QED) is 0.720. The van der Waals surface area contributed by atoms with E-state index in [9.17, 15) is 22.8 Å². The average molecular weight is 224 g/mol. The van der Waals surface area contributed by atoms with Gasteiger partial charge in [-0.15, -0.1) is 0 Å². The molecule has 0 aliphatic carbocycles. The summed E-state index contributed by atoms with van der Waals surface area (Å²) in [5.74, 6) is -0.122. The van der Waals surface area contributed by atoms with Crippen molar-refractivity contribution in [3.63, 3.8) is 0 Å². The Labute approximate surface area is 84.4 Å². The molecule has 4 nitrogen and oxygen atoms in total. The molecule has 0 aromatic carbocycles. The van der Waals surface area contributed by atoms with Gasteiger partial charge in [-0.3, -0.25) is 4.79 Å². The van der Waals surface area contributed by atoms with Gasteiger partial charge >= 0.3 is 12.2 Å². The van der Waals surface area contributed by atoms with Crippen LogP contribution in [-0.4, -0.2) is 42.5 Å². The maximum atomic E-state index is 11.8. The minimum atomic E-state index is -4.42. The van der Waals surface area contributed by atoms with Crippen molar-refractivity contribution >= 4 is 11.8 Å². The van der Waals surface area contributed by atoms with Crippen LogP contribution in [0.25, 0.3) is 0 Å². The Hall–Kier alpha value is -1.27. The Kier molecular flexibility index (Phi) is 3.54. The van der Waals surface area contributed by atoms with Crippen LogP contribution in [0, 0.1) is 0 Å². The molecule has 1 rings (SSSR count). The number of hydrogen-bond donors (Lipinski definition) is 1. The third-order valence-electron chi connectivity index (χ3n) is 1.98. The lowest BCUT2D eigenvalue weighted by molar-refractivity contribution is -0.123. The van der Waals surface area contributed by atoms with Crippen LogP contribution in [0.15, 0.2) is 0 Å². The second-order valence-corrected chi connectivity index (χ2v) is 3.34. The lowest BCUT2D eigenvalue weighted by atomic mass is 10.1. The van der Waals surface area contributed by atoms with Crippen molar-refractivity contribution in [2.24, 2.45) is 0 Å². The minimum absolute atomic E-state index is 0.0936. The van der Waals surface area contributed by atoms with Crippen LogP contribution in [0.2, 0.25) is 0 Å². The molecule has 2 amide bonds. The summed E-state index contributed by atoms with van der Waals surface area (Å²) in [6, 6.07) is -0.833. The molecule has 1 aliphatic rings. The number of alkyl halides is 3. The number of ketones is 1. The van der Waals surface area contributed by atoms with E-state index in [0.29, 0.717) is 19.4 Å². The van der Waals surface area contributed by atoms with Crippen molar-refractivity contribution < 1.29 is 22.8 Å². The number of carbonyl (C=O) groups excluding carboxylic acids is 2. The Morgan fingerprint density at radius 3 is 2.67 bits per heavy atom. The van der Waals surface area contributed by atoms with Crippen molar-refractivity contribution in [2.45, 2.75) is 19.0 Å². The number of nitrogens with one attached hydrogen (secondary N) is 1. The first kappa shape index (κ1) is 11.8. The molecule has 0 aromatic rings. The number of urea groups is 1. The van der Waals surface area contributed by atoms with Crippen molar-refractivity contribution in [3.8, 4) is 0 Å². The maximum Gasteiger partial charge on any atom is 0.405 e. The van der Waals surface area contributed by atoms with Crippen LogP contribution in [0.4, 0.5) is 18.0 Å². The van der Waals surface area contributed by atoms with E-state index in [-0.39, 0.29) is 12.3 Å². The standard InChI is InChI=1S/C8H11F3N2O2/c9-8(10,11)5-12-7(15)13-3-1-2-6(14)4-13/h1-5H2,(H,12,15). The first-order valence-electron chi connectivity index (χ1n) is 4.50. The van der Waals surface area contributed by atoms with Gasteiger partial charge in [0.15, 0.2) is 5.78 Å². The van der Waals surface area contributed by atoms with E-state index in [1.54, 1.807) is 5.32 Å². The smallest absolute Gasteiger partial charge is 0.329 e. The van der Waals surface area contributed by atoms with E-state index < -0.39 is 18.8 Å². The molecule has 0 aromatic heterocycles. The summed E-state index contributed by atoms with van der Waals surface area (Å²) in [5.41, 5.74) is 0. The molecule has 1 aliphatic heterocycles. The molecule has 1 heterocycles. The zero-order valence-corrected chi connectivity index (χ0v) is 7.93. The summed E-state index contributed by atoms with van der Waals surface area (Å²) in [5, 5.41) is 1.72. The van der Waals surface area contributed by atoms with Crippen LogP contribution in [0.1, 0.15) is 12.8 Å². The highest BCUT2D eigenvalue weighted by Gasteiger charge is 2.29. The van der Waals surface area contributed by atoms with Crippen molar-refractivity contribution in [2.75, 3.05) is 19.6 Å². The SMILES string of the molecule is O=C1CCCN(C(=O)NCC(F)(F)F)C1. The normalized spacial score (nSPS) is 17.8. The van der Waals surface area contributed by atoms with Crippen molar-refractivity contribution in [1.82, 2.24) is 10.2 Å². The molecular weight excluding hydrogens is 213 g/mol. The third kappa shape index (κ3) is 4.18. The molecule has 1 saturated heterocycles. The molecule has 86 valence electrons. The summed E-state index contributed by atoms with van der Waals surface area (Å²) in [7, 11) is 0. The van der Waals surface area contributed by atoms with Gasteiger partial charge in [-0.05, 0) is 6.42 Å². The molecule has 0 saturated carbocycles. The molecule has 0 unspecified atom stereocenters. The van der Waals surface area contributed by atoms with Gasteiger partial charge in [0.2, 0.25) is 0 Å². The largest absolute Gasteiger partial charge is 0.405 e. The van der Waals surface area contributed by atoms with Gasteiger partial charge < -0.3 is 10.2 Å². The van der Waals surface area contributed by atoms with Crippen LogP contribution in [-0.2, 0) is 4.79 Å². The Morgan fingerprint density at radius 2 is 2.13 bits per heavy atom. The van der Waals surface area contributed by atoms with Gasteiger partial charge in [-0.25, -0.2) is 4.79 Å². The number of halogens is 3. The van der Waals surface area contributed by atoms with Gasteiger partial charge in [-0.2, -0.15) is 13.2 Å².